The van der Waals surface area contributed by atoms with E-state index in [9.17, 15) is 14.0 Å². The minimum absolute atomic E-state index is 0.185. The molecule has 0 saturated carbocycles. The first-order valence-corrected chi connectivity index (χ1v) is 8.23. The van der Waals surface area contributed by atoms with Crippen LogP contribution in [0.1, 0.15) is 18.5 Å². The summed E-state index contributed by atoms with van der Waals surface area (Å²) in [5.41, 5.74) is 2.40. The fourth-order valence-electron chi connectivity index (χ4n) is 3.11. The molecule has 1 heterocycles. The molecule has 1 N–H and O–H groups in total. The SMILES string of the molecule is CC1=C(C(=O)Nc2ccc(F)cc2)C(c2ccccc2)N(C)C(=O)N1C. The van der Waals surface area contributed by atoms with Crippen molar-refractivity contribution in [2.24, 2.45) is 0 Å². The van der Waals surface area contributed by atoms with E-state index in [4.69, 9.17) is 0 Å². The van der Waals surface area contributed by atoms with Gasteiger partial charge in [0.15, 0.2) is 0 Å². The monoisotopic (exact) mass is 353 g/mol. The lowest BCUT2D eigenvalue weighted by Crippen LogP contribution is -2.47. The van der Waals surface area contributed by atoms with Gasteiger partial charge in [-0.25, -0.2) is 9.18 Å². The highest BCUT2D eigenvalue weighted by Gasteiger charge is 2.38. The summed E-state index contributed by atoms with van der Waals surface area (Å²) in [6.45, 7) is 1.75. The van der Waals surface area contributed by atoms with Crippen LogP contribution < -0.4 is 5.32 Å². The number of urea groups is 1. The van der Waals surface area contributed by atoms with Crippen LogP contribution in [0.25, 0.3) is 0 Å². The average Bonchev–Trinajstić information content (AvgIpc) is 2.65. The number of halogens is 1. The zero-order chi connectivity index (χ0) is 18.8. The van der Waals surface area contributed by atoms with Crippen molar-refractivity contribution in [1.82, 2.24) is 9.80 Å². The third-order valence-corrected chi connectivity index (χ3v) is 4.60. The molecule has 134 valence electrons. The van der Waals surface area contributed by atoms with Gasteiger partial charge in [0.1, 0.15) is 5.82 Å². The Balaban J connectivity index is 2.02. The van der Waals surface area contributed by atoms with Crippen molar-refractivity contribution in [2.45, 2.75) is 13.0 Å². The van der Waals surface area contributed by atoms with Gasteiger partial charge in [0.05, 0.1) is 11.6 Å². The summed E-state index contributed by atoms with van der Waals surface area (Å²) >= 11 is 0. The highest BCUT2D eigenvalue weighted by Crippen LogP contribution is 2.36. The second kappa shape index (κ2) is 7.00. The molecule has 0 spiro atoms. The largest absolute Gasteiger partial charge is 0.324 e. The molecule has 0 aliphatic carbocycles. The summed E-state index contributed by atoms with van der Waals surface area (Å²) in [6, 6.07) is 14.3. The maximum Gasteiger partial charge on any atom is 0.324 e. The second-order valence-corrected chi connectivity index (χ2v) is 6.23. The Bertz CT molecular complexity index is 862. The van der Waals surface area contributed by atoms with Crippen LogP contribution in [0.5, 0.6) is 0 Å². The number of allylic oxidation sites excluding steroid dienone is 1. The lowest BCUT2D eigenvalue weighted by atomic mass is 9.93. The van der Waals surface area contributed by atoms with Gasteiger partial charge < -0.3 is 15.1 Å². The maximum atomic E-state index is 13.1. The maximum absolute atomic E-state index is 13.1. The molecule has 1 atom stereocenters. The highest BCUT2D eigenvalue weighted by molar-refractivity contribution is 6.06. The third-order valence-electron chi connectivity index (χ3n) is 4.60. The minimum Gasteiger partial charge on any atom is -0.322 e. The van der Waals surface area contributed by atoms with Crippen LogP contribution in [-0.2, 0) is 4.79 Å². The molecular weight excluding hydrogens is 333 g/mol. The van der Waals surface area contributed by atoms with Gasteiger partial charge >= 0.3 is 6.03 Å². The number of likely N-dealkylation sites (N-methyl/N-ethyl adjacent to an activating group) is 1. The van der Waals surface area contributed by atoms with E-state index < -0.39 is 6.04 Å². The summed E-state index contributed by atoms with van der Waals surface area (Å²) in [5.74, 6) is -0.697. The van der Waals surface area contributed by atoms with Crippen LogP contribution >= 0.6 is 0 Å². The number of rotatable bonds is 3. The summed E-state index contributed by atoms with van der Waals surface area (Å²) in [7, 11) is 3.31. The molecule has 3 amide bonds. The number of benzene rings is 2. The summed E-state index contributed by atoms with van der Waals surface area (Å²) in [5, 5.41) is 2.80. The Morgan fingerprint density at radius 3 is 2.27 bits per heavy atom. The molecule has 1 aliphatic rings. The first-order valence-electron chi connectivity index (χ1n) is 8.23. The van der Waals surface area contributed by atoms with E-state index in [1.807, 2.05) is 30.3 Å². The third kappa shape index (κ3) is 3.18. The molecule has 0 aromatic heterocycles. The zero-order valence-electron chi connectivity index (χ0n) is 14.9. The van der Waals surface area contributed by atoms with Crippen molar-refractivity contribution >= 4 is 17.6 Å². The molecule has 2 aromatic rings. The smallest absolute Gasteiger partial charge is 0.322 e. The van der Waals surface area contributed by atoms with E-state index in [1.165, 1.54) is 29.2 Å². The highest BCUT2D eigenvalue weighted by atomic mass is 19.1. The molecule has 1 unspecified atom stereocenters. The van der Waals surface area contributed by atoms with Crippen LogP contribution in [-0.4, -0.2) is 35.8 Å². The summed E-state index contributed by atoms with van der Waals surface area (Å²) < 4.78 is 13.1. The van der Waals surface area contributed by atoms with E-state index in [2.05, 4.69) is 5.32 Å². The Labute approximate surface area is 151 Å². The Morgan fingerprint density at radius 1 is 1.04 bits per heavy atom. The number of nitrogens with one attached hydrogen (secondary N) is 1. The summed E-state index contributed by atoms with van der Waals surface area (Å²) in [4.78, 5) is 28.5. The van der Waals surface area contributed by atoms with Crippen LogP contribution in [0.15, 0.2) is 65.9 Å². The normalized spacial score (nSPS) is 17.5. The van der Waals surface area contributed by atoms with E-state index in [0.29, 0.717) is 17.0 Å². The molecule has 0 bridgehead atoms. The van der Waals surface area contributed by atoms with E-state index in [0.717, 1.165) is 5.56 Å². The van der Waals surface area contributed by atoms with Gasteiger partial charge in [-0.05, 0) is 36.8 Å². The standard InChI is InChI=1S/C20H20FN3O2/c1-13-17(19(25)22-16-11-9-15(21)10-12-16)18(14-7-5-4-6-8-14)24(3)20(26)23(13)2/h4-12,18H,1-3H3,(H,22,25). The molecule has 0 radical (unpaired) electrons. The van der Waals surface area contributed by atoms with E-state index in [1.54, 1.807) is 25.9 Å². The number of carbonyl (C=O) groups is 2. The van der Waals surface area contributed by atoms with E-state index in [-0.39, 0.29) is 17.8 Å². The number of nitrogens with zero attached hydrogens (tertiary/aromatic N) is 2. The lowest BCUT2D eigenvalue weighted by molar-refractivity contribution is -0.113. The van der Waals surface area contributed by atoms with Crippen LogP contribution in [0.4, 0.5) is 14.9 Å². The molecule has 6 heteroatoms. The number of anilines is 1. The lowest BCUT2D eigenvalue weighted by Gasteiger charge is -2.39. The van der Waals surface area contributed by atoms with Gasteiger partial charge in [0.25, 0.3) is 5.91 Å². The van der Waals surface area contributed by atoms with Gasteiger partial charge in [-0.1, -0.05) is 30.3 Å². The van der Waals surface area contributed by atoms with Crippen molar-refractivity contribution in [2.75, 3.05) is 19.4 Å². The van der Waals surface area contributed by atoms with Gasteiger partial charge in [-0.15, -0.1) is 0 Å². The van der Waals surface area contributed by atoms with Crippen molar-refractivity contribution in [1.29, 1.82) is 0 Å². The zero-order valence-corrected chi connectivity index (χ0v) is 14.9. The number of hydrogen-bond donors (Lipinski definition) is 1. The Hall–Kier alpha value is -3.15. The number of amides is 3. The second-order valence-electron chi connectivity index (χ2n) is 6.23. The fraction of sp³-hybridized carbons (Fsp3) is 0.200. The van der Waals surface area contributed by atoms with Crippen molar-refractivity contribution in [3.63, 3.8) is 0 Å². The Kier molecular flexibility index (Phi) is 4.75. The first kappa shape index (κ1) is 17.7. The van der Waals surface area contributed by atoms with Crippen LogP contribution in [0.2, 0.25) is 0 Å². The summed E-state index contributed by atoms with van der Waals surface area (Å²) in [6.07, 6.45) is 0. The van der Waals surface area contributed by atoms with Crippen LogP contribution in [0.3, 0.4) is 0 Å². The van der Waals surface area contributed by atoms with Crippen LogP contribution in [0, 0.1) is 5.82 Å². The van der Waals surface area contributed by atoms with E-state index >= 15 is 0 Å². The van der Waals surface area contributed by atoms with Crippen molar-refractivity contribution in [3.05, 3.63) is 77.2 Å². The number of carbonyl (C=O) groups excluding carboxylic acids is 2. The molecule has 0 saturated heterocycles. The predicted molar refractivity (Wildman–Crippen MR) is 97.8 cm³/mol. The Morgan fingerprint density at radius 2 is 1.65 bits per heavy atom. The average molecular weight is 353 g/mol. The van der Waals surface area contributed by atoms with Crippen molar-refractivity contribution in [3.8, 4) is 0 Å². The predicted octanol–water partition coefficient (Wildman–Crippen LogP) is 3.78. The number of hydrogen-bond acceptors (Lipinski definition) is 2. The quantitative estimate of drug-likeness (QED) is 0.913. The van der Waals surface area contributed by atoms with Crippen molar-refractivity contribution < 1.29 is 14.0 Å². The van der Waals surface area contributed by atoms with Gasteiger partial charge in [-0.2, -0.15) is 0 Å². The topological polar surface area (TPSA) is 52.7 Å². The molecule has 0 fully saturated rings. The molecular formula is C20H20FN3O2. The minimum atomic E-state index is -0.500. The van der Waals surface area contributed by atoms with Gasteiger partial charge in [-0.3, -0.25) is 4.79 Å². The van der Waals surface area contributed by atoms with Gasteiger partial charge in [0, 0.05) is 25.5 Å². The van der Waals surface area contributed by atoms with Gasteiger partial charge in [0.2, 0.25) is 0 Å². The molecule has 2 aromatic carbocycles. The molecule has 5 nitrogen and oxygen atoms in total. The molecule has 1 aliphatic heterocycles. The fourth-order valence-corrected chi connectivity index (χ4v) is 3.11. The molecule has 3 rings (SSSR count). The first-order chi connectivity index (χ1) is 12.4. The molecule has 26 heavy (non-hydrogen) atoms.